The molecule has 0 amide bonds. The van der Waals surface area contributed by atoms with Crippen molar-refractivity contribution < 1.29 is 8.42 Å². The molecule has 0 aromatic heterocycles. The van der Waals surface area contributed by atoms with Gasteiger partial charge in [-0.2, -0.15) is 0 Å². The lowest BCUT2D eigenvalue weighted by Gasteiger charge is -2.28. The molecule has 1 heterocycles. The van der Waals surface area contributed by atoms with Crippen LogP contribution in [0.25, 0.3) is 0 Å². The minimum absolute atomic E-state index is 0. The van der Waals surface area contributed by atoms with E-state index in [1.165, 1.54) is 19.3 Å². The Morgan fingerprint density at radius 1 is 1.14 bits per heavy atom. The number of benzene rings is 1. The van der Waals surface area contributed by atoms with Gasteiger partial charge in [-0.05, 0) is 30.4 Å². The van der Waals surface area contributed by atoms with Gasteiger partial charge in [-0.3, -0.25) is 4.31 Å². The Morgan fingerprint density at radius 3 is 2.64 bits per heavy atom. The Labute approximate surface area is 139 Å². The van der Waals surface area contributed by atoms with Gasteiger partial charge in [0.2, 0.25) is 10.0 Å². The molecule has 4 nitrogen and oxygen atoms in total. The molecule has 1 N–H and O–H groups in total. The van der Waals surface area contributed by atoms with Gasteiger partial charge >= 0.3 is 0 Å². The second kappa shape index (κ2) is 7.66. The van der Waals surface area contributed by atoms with Crippen LogP contribution in [0, 0.1) is 5.92 Å². The van der Waals surface area contributed by atoms with Gasteiger partial charge in [0, 0.05) is 19.6 Å². The third kappa shape index (κ3) is 3.94. The van der Waals surface area contributed by atoms with Crippen LogP contribution in [-0.4, -0.2) is 27.3 Å². The lowest BCUT2D eigenvalue weighted by atomic mass is 9.91. The molecule has 1 fully saturated rings. The zero-order chi connectivity index (χ0) is 14.7. The monoisotopic (exact) mass is 344 g/mol. The highest BCUT2D eigenvalue weighted by atomic mass is 35.5. The highest BCUT2D eigenvalue weighted by Gasteiger charge is 2.29. The van der Waals surface area contributed by atoms with E-state index in [-0.39, 0.29) is 12.4 Å². The summed E-state index contributed by atoms with van der Waals surface area (Å²) >= 11 is 0. The predicted molar refractivity (Wildman–Crippen MR) is 93.1 cm³/mol. The van der Waals surface area contributed by atoms with E-state index in [4.69, 9.17) is 0 Å². The molecular weight excluding hydrogens is 320 g/mol. The number of sulfonamides is 1. The first-order chi connectivity index (χ1) is 10.2. The predicted octanol–water partition coefficient (Wildman–Crippen LogP) is 2.93. The third-order valence-electron chi connectivity index (χ3n) is 4.57. The van der Waals surface area contributed by atoms with Crippen molar-refractivity contribution in [2.45, 2.75) is 38.6 Å². The summed E-state index contributed by atoms with van der Waals surface area (Å²) in [5.74, 6) is 0.647. The van der Waals surface area contributed by atoms with Crippen LogP contribution in [0.4, 0.5) is 5.69 Å². The number of fused-ring (bicyclic) bond motifs is 1. The van der Waals surface area contributed by atoms with Crippen molar-refractivity contribution in [2.24, 2.45) is 5.92 Å². The third-order valence-corrected chi connectivity index (χ3v) is 6.52. The maximum absolute atomic E-state index is 12.9. The normalized spacial score (nSPS) is 19.9. The number of nitrogens with one attached hydrogen (secondary N) is 1. The average molecular weight is 345 g/mol. The molecule has 3 rings (SSSR count). The molecule has 124 valence electrons. The molecule has 1 aromatic rings. The summed E-state index contributed by atoms with van der Waals surface area (Å²) < 4.78 is 27.4. The first-order valence-electron chi connectivity index (χ1n) is 7.96. The summed E-state index contributed by atoms with van der Waals surface area (Å²) in [6, 6.07) is 7.84. The van der Waals surface area contributed by atoms with Gasteiger partial charge in [0.15, 0.2) is 0 Å². The maximum Gasteiger partial charge on any atom is 0.235 e. The highest BCUT2D eigenvalue weighted by molar-refractivity contribution is 7.92. The SMILES string of the molecule is Cl.O=S(=O)(CC1CCCCC1)N1CCNCc2ccccc21. The van der Waals surface area contributed by atoms with Crippen LogP contribution in [0.1, 0.15) is 37.7 Å². The summed E-state index contributed by atoms with van der Waals surface area (Å²) in [5, 5.41) is 3.30. The van der Waals surface area contributed by atoms with Crippen LogP contribution in [0.5, 0.6) is 0 Å². The second-order valence-corrected chi connectivity index (χ2v) is 8.10. The van der Waals surface area contributed by atoms with E-state index in [1.807, 2.05) is 24.3 Å². The molecule has 1 aliphatic heterocycles. The van der Waals surface area contributed by atoms with Gasteiger partial charge in [-0.25, -0.2) is 8.42 Å². The van der Waals surface area contributed by atoms with Gasteiger partial charge in [-0.1, -0.05) is 37.5 Å². The minimum Gasteiger partial charge on any atom is -0.311 e. The number of anilines is 1. The van der Waals surface area contributed by atoms with Crippen molar-refractivity contribution in [1.29, 1.82) is 0 Å². The van der Waals surface area contributed by atoms with Crippen molar-refractivity contribution in [2.75, 3.05) is 23.1 Å². The fourth-order valence-electron chi connectivity index (χ4n) is 3.46. The molecule has 2 aliphatic rings. The van der Waals surface area contributed by atoms with E-state index in [2.05, 4.69) is 5.32 Å². The van der Waals surface area contributed by atoms with Crippen LogP contribution < -0.4 is 9.62 Å². The molecule has 0 spiro atoms. The van der Waals surface area contributed by atoms with E-state index in [1.54, 1.807) is 4.31 Å². The van der Waals surface area contributed by atoms with Crippen LogP contribution in [0.15, 0.2) is 24.3 Å². The first kappa shape index (κ1) is 17.6. The molecular formula is C16H25ClN2O2S. The number of rotatable bonds is 3. The summed E-state index contributed by atoms with van der Waals surface area (Å²) in [6.45, 7) is 1.98. The first-order valence-corrected chi connectivity index (χ1v) is 9.57. The van der Waals surface area contributed by atoms with Crippen LogP contribution in [0.2, 0.25) is 0 Å². The molecule has 22 heavy (non-hydrogen) atoms. The van der Waals surface area contributed by atoms with E-state index in [0.717, 1.165) is 30.6 Å². The smallest absolute Gasteiger partial charge is 0.235 e. The van der Waals surface area contributed by atoms with E-state index in [9.17, 15) is 8.42 Å². The minimum atomic E-state index is -3.23. The Balaban J connectivity index is 0.00000176. The Bertz CT molecular complexity index is 586. The fourth-order valence-corrected chi connectivity index (χ4v) is 5.41. The number of para-hydroxylation sites is 1. The van der Waals surface area contributed by atoms with Gasteiger partial charge in [-0.15, -0.1) is 12.4 Å². The molecule has 0 unspecified atom stereocenters. The summed E-state index contributed by atoms with van der Waals surface area (Å²) in [5.41, 5.74) is 1.93. The average Bonchev–Trinajstić information content (AvgIpc) is 2.70. The van der Waals surface area contributed by atoms with Crippen LogP contribution in [-0.2, 0) is 16.6 Å². The maximum atomic E-state index is 12.9. The number of nitrogens with zero attached hydrogens (tertiary/aromatic N) is 1. The van der Waals surface area contributed by atoms with Gasteiger partial charge in [0.25, 0.3) is 0 Å². The summed E-state index contributed by atoms with van der Waals surface area (Å²) in [7, 11) is -3.23. The largest absolute Gasteiger partial charge is 0.311 e. The van der Waals surface area contributed by atoms with Crippen LogP contribution >= 0.6 is 12.4 Å². The Hall–Kier alpha value is -0.780. The van der Waals surface area contributed by atoms with Gasteiger partial charge < -0.3 is 5.32 Å². The molecule has 0 bridgehead atoms. The molecule has 1 aromatic carbocycles. The van der Waals surface area contributed by atoms with Crippen LogP contribution in [0.3, 0.4) is 0 Å². The summed E-state index contributed by atoms with van der Waals surface area (Å²) in [4.78, 5) is 0. The zero-order valence-electron chi connectivity index (χ0n) is 12.8. The fraction of sp³-hybridized carbons (Fsp3) is 0.625. The molecule has 0 atom stereocenters. The lowest BCUT2D eigenvalue weighted by Crippen LogP contribution is -2.38. The number of hydrogen-bond acceptors (Lipinski definition) is 3. The summed E-state index contributed by atoms with van der Waals surface area (Å²) in [6.07, 6.45) is 5.74. The molecule has 0 saturated heterocycles. The topological polar surface area (TPSA) is 49.4 Å². The van der Waals surface area contributed by atoms with Crippen molar-refractivity contribution in [3.63, 3.8) is 0 Å². The van der Waals surface area contributed by atoms with E-state index >= 15 is 0 Å². The van der Waals surface area contributed by atoms with Gasteiger partial charge in [0.1, 0.15) is 0 Å². The van der Waals surface area contributed by atoms with Crippen molar-refractivity contribution in [1.82, 2.24) is 5.32 Å². The molecule has 0 radical (unpaired) electrons. The Morgan fingerprint density at radius 2 is 1.86 bits per heavy atom. The zero-order valence-corrected chi connectivity index (χ0v) is 14.5. The van der Waals surface area contributed by atoms with Crippen molar-refractivity contribution >= 4 is 28.1 Å². The van der Waals surface area contributed by atoms with E-state index in [0.29, 0.717) is 24.8 Å². The van der Waals surface area contributed by atoms with Gasteiger partial charge in [0.05, 0.1) is 11.4 Å². The molecule has 6 heteroatoms. The van der Waals surface area contributed by atoms with Crippen molar-refractivity contribution in [3.05, 3.63) is 29.8 Å². The second-order valence-electron chi connectivity index (χ2n) is 6.16. The van der Waals surface area contributed by atoms with E-state index < -0.39 is 10.0 Å². The van der Waals surface area contributed by atoms with Crippen molar-refractivity contribution in [3.8, 4) is 0 Å². The number of hydrogen-bond donors (Lipinski definition) is 1. The quantitative estimate of drug-likeness (QED) is 0.917. The highest BCUT2D eigenvalue weighted by Crippen LogP contribution is 2.29. The Kier molecular flexibility index (Phi) is 6.12. The molecule has 1 aliphatic carbocycles. The standard InChI is InChI=1S/C16H24N2O2S.ClH/c19-21(20,13-14-6-2-1-3-7-14)18-11-10-17-12-15-8-4-5-9-16(15)18;/h4-5,8-9,14,17H,1-3,6-7,10-13H2;1H. The number of halogens is 1. The molecule has 1 saturated carbocycles. The lowest BCUT2D eigenvalue weighted by molar-refractivity contribution is 0.384.